The van der Waals surface area contributed by atoms with Crippen molar-refractivity contribution in [3.8, 4) is 0 Å². The molecule has 2 unspecified atom stereocenters. The van der Waals surface area contributed by atoms with Gasteiger partial charge in [0.2, 0.25) is 11.8 Å². The topological polar surface area (TPSA) is 63.4 Å². The largest absolute Gasteiger partial charge is 0.399 e. The highest BCUT2D eigenvalue weighted by Gasteiger charge is 2.47. The fourth-order valence-corrected chi connectivity index (χ4v) is 2.72. The van der Waals surface area contributed by atoms with Crippen molar-refractivity contribution < 1.29 is 9.59 Å². The van der Waals surface area contributed by atoms with E-state index in [-0.39, 0.29) is 23.7 Å². The van der Waals surface area contributed by atoms with Gasteiger partial charge in [0.1, 0.15) is 0 Å². The van der Waals surface area contributed by atoms with E-state index in [1.54, 1.807) is 24.3 Å². The molecule has 92 valence electrons. The Hall–Kier alpha value is -2.10. The smallest absolute Gasteiger partial charge is 0.238 e. The van der Waals surface area contributed by atoms with Gasteiger partial charge in [0, 0.05) is 5.69 Å². The fraction of sp³-hybridized carbons (Fsp3) is 0.286. The zero-order chi connectivity index (χ0) is 12.7. The quantitative estimate of drug-likeness (QED) is 0.463. The zero-order valence-electron chi connectivity index (χ0n) is 9.87. The van der Waals surface area contributed by atoms with Crippen molar-refractivity contribution in [2.24, 2.45) is 11.8 Å². The highest BCUT2D eigenvalue weighted by atomic mass is 16.2. The zero-order valence-corrected chi connectivity index (χ0v) is 9.87. The minimum Gasteiger partial charge on any atom is -0.399 e. The number of amides is 2. The molecule has 0 saturated carbocycles. The summed E-state index contributed by atoms with van der Waals surface area (Å²) < 4.78 is 0. The van der Waals surface area contributed by atoms with Crippen LogP contribution in [0.1, 0.15) is 12.8 Å². The molecule has 1 aliphatic heterocycles. The van der Waals surface area contributed by atoms with Crippen LogP contribution in [0.25, 0.3) is 0 Å². The van der Waals surface area contributed by atoms with Crippen molar-refractivity contribution in [3.05, 3.63) is 36.4 Å². The van der Waals surface area contributed by atoms with Gasteiger partial charge in [-0.15, -0.1) is 0 Å². The first-order valence-electron chi connectivity index (χ1n) is 6.07. The number of nitrogen functional groups attached to an aromatic ring is 1. The van der Waals surface area contributed by atoms with E-state index in [1.807, 2.05) is 12.2 Å². The number of carbonyl (C=O) groups excluding carboxylic acids is 2. The highest BCUT2D eigenvalue weighted by Crippen LogP contribution is 2.37. The van der Waals surface area contributed by atoms with Crippen LogP contribution in [0.2, 0.25) is 0 Å². The molecule has 18 heavy (non-hydrogen) atoms. The van der Waals surface area contributed by atoms with Crippen molar-refractivity contribution in [3.63, 3.8) is 0 Å². The number of nitrogens with zero attached hydrogens (tertiary/aromatic N) is 1. The Balaban J connectivity index is 1.99. The van der Waals surface area contributed by atoms with Gasteiger partial charge in [0.15, 0.2) is 0 Å². The summed E-state index contributed by atoms with van der Waals surface area (Å²) in [6, 6.07) is 6.91. The molecule has 1 aromatic rings. The molecular weight excluding hydrogens is 228 g/mol. The lowest BCUT2D eigenvalue weighted by atomic mass is 9.85. The second-order valence-corrected chi connectivity index (χ2v) is 4.76. The summed E-state index contributed by atoms with van der Waals surface area (Å²) in [5, 5.41) is 0. The Kier molecular flexibility index (Phi) is 2.44. The second kappa shape index (κ2) is 3.98. The van der Waals surface area contributed by atoms with Crippen LogP contribution >= 0.6 is 0 Å². The van der Waals surface area contributed by atoms with Crippen LogP contribution in [-0.2, 0) is 9.59 Å². The molecule has 4 nitrogen and oxygen atoms in total. The van der Waals surface area contributed by atoms with Crippen molar-refractivity contribution in [2.45, 2.75) is 12.8 Å². The second-order valence-electron chi connectivity index (χ2n) is 4.76. The van der Waals surface area contributed by atoms with Gasteiger partial charge in [0.05, 0.1) is 17.5 Å². The van der Waals surface area contributed by atoms with Gasteiger partial charge in [-0.2, -0.15) is 0 Å². The third-order valence-electron chi connectivity index (χ3n) is 3.64. The monoisotopic (exact) mass is 242 g/mol. The molecule has 2 amide bonds. The van der Waals surface area contributed by atoms with Crippen LogP contribution in [0.5, 0.6) is 0 Å². The molecule has 0 aromatic heterocycles. The molecule has 2 atom stereocenters. The minimum atomic E-state index is -0.191. The molecule has 1 aromatic carbocycles. The number of nitrogens with two attached hydrogens (primary N) is 1. The maximum Gasteiger partial charge on any atom is 0.238 e. The molecule has 4 heteroatoms. The van der Waals surface area contributed by atoms with E-state index >= 15 is 0 Å². The summed E-state index contributed by atoms with van der Waals surface area (Å²) in [5.41, 5.74) is 6.84. The first-order chi connectivity index (χ1) is 8.68. The van der Waals surface area contributed by atoms with E-state index < -0.39 is 0 Å². The summed E-state index contributed by atoms with van der Waals surface area (Å²) in [4.78, 5) is 25.9. The van der Waals surface area contributed by atoms with Crippen LogP contribution < -0.4 is 10.6 Å². The Morgan fingerprint density at radius 3 is 2.22 bits per heavy atom. The maximum absolute atomic E-state index is 12.3. The van der Waals surface area contributed by atoms with Crippen molar-refractivity contribution in [2.75, 3.05) is 10.6 Å². The Morgan fingerprint density at radius 2 is 1.67 bits per heavy atom. The molecular formula is C14H14N2O2. The number of anilines is 2. The average Bonchev–Trinajstić information content (AvgIpc) is 2.63. The van der Waals surface area contributed by atoms with Crippen molar-refractivity contribution in [1.29, 1.82) is 0 Å². The average molecular weight is 242 g/mol. The van der Waals surface area contributed by atoms with Gasteiger partial charge in [-0.1, -0.05) is 18.2 Å². The molecule has 0 bridgehead atoms. The molecule has 2 N–H and O–H groups in total. The number of hydrogen-bond acceptors (Lipinski definition) is 3. The molecule has 3 rings (SSSR count). The SMILES string of the molecule is Nc1cccc(N2C(=O)C3CC=CCC3C2=O)c1. The van der Waals surface area contributed by atoms with Gasteiger partial charge in [-0.25, -0.2) is 4.90 Å². The minimum absolute atomic E-state index is 0.0973. The van der Waals surface area contributed by atoms with Gasteiger partial charge >= 0.3 is 0 Å². The third-order valence-corrected chi connectivity index (χ3v) is 3.64. The summed E-state index contributed by atoms with van der Waals surface area (Å²) in [6.45, 7) is 0. The van der Waals surface area contributed by atoms with Gasteiger partial charge < -0.3 is 5.73 Å². The van der Waals surface area contributed by atoms with Gasteiger partial charge in [-0.3, -0.25) is 9.59 Å². The van der Waals surface area contributed by atoms with E-state index in [0.717, 1.165) is 0 Å². The van der Waals surface area contributed by atoms with E-state index in [2.05, 4.69) is 0 Å². The highest BCUT2D eigenvalue weighted by molar-refractivity contribution is 6.22. The summed E-state index contributed by atoms with van der Waals surface area (Å²) in [7, 11) is 0. The standard InChI is InChI=1S/C14H14N2O2/c15-9-4-3-5-10(8-9)16-13(17)11-6-1-2-7-12(11)14(16)18/h1-5,8,11-12H,6-7,15H2. The number of allylic oxidation sites excluding steroid dienone is 2. The normalized spacial score (nSPS) is 26.6. The van der Waals surface area contributed by atoms with Gasteiger partial charge in [0.25, 0.3) is 0 Å². The molecule has 0 spiro atoms. The molecule has 1 heterocycles. The van der Waals surface area contributed by atoms with Crippen LogP contribution in [-0.4, -0.2) is 11.8 Å². The lowest BCUT2D eigenvalue weighted by molar-refractivity contribution is -0.122. The molecule has 2 aliphatic rings. The number of carbonyl (C=O) groups is 2. The fourth-order valence-electron chi connectivity index (χ4n) is 2.72. The van der Waals surface area contributed by atoms with Gasteiger partial charge in [-0.05, 0) is 31.0 Å². The molecule has 1 saturated heterocycles. The number of hydrogen-bond donors (Lipinski definition) is 1. The first kappa shape index (κ1) is 11.0. The van der Waals surface area contributed by atoms with Crippen LogP contribution in [0.3, 0.4) is 0 Å². The van der Waals surface area contributed by atoms with E-state index in [9.17, 15) is 9.59 Å². The van der Waals surface area contributed by atoms with Crippen LogP contribution in [0.4, 0.5) is 11.4 Å². The molecule has 1 aliphatic carbocycles. The maximum atomic E-state index is 12.3. The third kappa shape index (κ3) is 1.53. The van der Waals surface area contributed by atoms with Crippen LogP contribution in [0.15, 0.2) is 36.4 Å². The Labute approximate surface area is 105 Å². The summed E-state index contributed by atoms with van der Waals surface area (Å²) >= 11 is 0. The lowest BCUT2D eigenvalue weighted by Gasteiger charge is -2.14. The van der Waals surface area contributed by atoms with E-state index in [0.29, 0.717) is 24.2 Å². The van der Waals surface area contributed by atoms with E-state index in [1.165, 1.54) is 4.90 Å². The Morgan fingerprint density at radius 1 is 1.06 bits per heavy atom. The Bertz CT molecular complexity index is 524. The number of rotatable bonds is 1. The van der Waals surface area contributed by atoms with Crippen LogP contribution in [0, 0.1) is 11.8 Å². The predicted molar refractivity (Wildman–Crippen MR) is 68.7 cm³/mol. The van der Waals surface area contributed by atoms with Crippen molar-refractivity contribution in [1.82, 2.24) is 0 Å². The number of imide groups is 1. The predicted octanol–water partition coefficient (Wildman–Crippen LogP) is 1.72. The lowest BCUT2D eigenvalue weighted by Crippen LogP contribution is -2.30. The van der Waals surface area contributed by atoms with Crippen molar-refractivity contribution >= 4 is 23.2 Å². The number of fused-ring (bicyclic) bond motifs is 1. The number of benzene rings is 1. The summed E-state index contributed by atoms with van der Waals surface area (Å²) in [6.07, 6.45) is 5.28. The molecule has 1 fully saturated rings. The van der Waals surface area contributed by atoms with E-state index in [4.69, 9.17) is 5.73 Å². The summed E-state index contributed by atoms with van der Waals surface area (Å²) in [5.74, 6) is -0.576. The first-order valence-corrected chi connectivity index (χ1v) is 6.07. The molecule has 0 radical (unpaired) electrons.